The summed E-state index contributed by atoms with van der Waals surface area (Å²) in [6, 6.07) is 0. The van der Waals surface area contributed by atoms with Crippen LogP contribution in [0.25, 0.3) is 0 Å². The van der Waals surface area contributed by atoms with Crippen molar-refractivity contribution in [3.8, 4) is 0 Å². The van der Waals surface area contributed by atoms with Gasteiger partial charge in [-0.05, 0) is 33.4 Å². The summed E-state index contributed by atoms with van der Waals surface area (Å²) in [5.41, 5.74) is 0. The van der Waals surface area contributed by atoms with E-state index in [1.807, 2.05) is 6.92 Å². The van der Waals surface area contributed by atoms with E-state index in [4.69, 9.17) is 4.74 Å². The highest BCUT2D eigenvalue weighted by Gasteiger charge is 2.12. The van der Waals surface area contributed by atoms with Gasteiger partial charge in [0.1, 0.15) is 0 Å². The van der Waals surface area contributed by atoms with E-state index in [9.17, 15) is 4.79 Å². The second-order valence-electron chi connectivity index (χ2n) is 5.11. The molecule has 1 fully saturated rings. The number of esters is 1. The topological polar surface area (TPSA) is 32.8 Å². The second-order valence-corrected chi connectivity index (χ2v) is 5.11. The number of hydrogen-bond acceptors (Lipinski definition) is 4. The third kappa shape index (κ3) is 6.97. The van der Waals surface area contributed by atoms with Crippen LogP contribution < -0.4 is 0 Å². The highest BCUT2D eigenvalue weighted by molar-refractivity contribution is 5.69. The van der Waals surface area contributed by atoms with Crippen LogP contribution in [0.15, 0.2) is 0 Å². The Labute approximate surface area is 111 Å². The summed E-state index contributed by atoms with van der Waals surface area (Å²) in [4.78, 5) is 16.1. The lowest BCUT2D eigenvalue weighted by molar-refractivity contribution is -0.143. The molecule has 4 heteroatoms. The minimum atomic E-state index is -0.0448. The van der Waals surface area contributed by atoms with Gasteiger partial charge in [0.15, 0.2) is 0 Å². The highest BCUT2D eigenvalue weighted by Crippen LogP contribution is 2.07. The van der Waals surface area contributed by atoms with Crippen molar-refractivity contribution in [2.45, 2.75) is 39.0 Å². The zero-order valence-electron chi connectivity index (χ0n) is 12.0. The van der Waals surface area contributed by atoms with Gasteiger partial charge < -0.3 is 14.5 Å². The molecule has 0 spiro atoms. The summed E-state index contributed by atoms with van der Waals surface area (Å²) in [5.74, 6) is -0.0448. The summed E-state index contributed by atoms with van der Waals surface area (Å²) in [5, 5.41) is 0. The molecule has 0 aromatic carbocycles. The fourth-order valence-electron chi connectivity index (χ4n) is 2.26. The van der Waals surface area contributed by atoms with Crippen molar-refractivity contribution in [1.82, 2.24) is 9.80 Å². The Morgan fingerprint density at radius 2 is 1.72 bits per heavy atom. The molecule has 0 N–H and O–H groups in total. The standard InChI is InChI=1S/C14H28N2O2/c1-3-18-14(17)8-6-4-5-7-9-16-12-10-15(2)11-13-16/h3-13H2,1-2H3. The number of ether oxygens (including phenoxy) is 1. The minimum Gasteiger partial charge on any atom is -0.466 e. The molecule has 0 aliphatic carbocycles. The average Bonchev–Trinajstić information content (AvgIpc) is 2.36. The van der Waals surface area contributed by atoms with Crippen LogP contribution in [0.4, 0.5) is 0 Å². The number of piperazine rings is 1. The first-order valence-corrected chi connectivity index (χ1v) is 7.29. The van der Waals surface area contributed by atoms with Gasteiger partial charge in [-0.1, -0.05) is 12.8 Å². The monoisotopic (exact) mass is 256 g/mol. The number of nitrogens with zero attached hydrogens (tertiary/aromatic N) is 2. The molecule has 1 aliphatic heterocycles. The molecule has 1 rings (SSSR count). The van der Waals surface area contributed by atoms with Gasteiger partial charge in [0.2, 0.25) is 0 Å². The Hall–Kier alpha value is -0.610. The third-order valence-corrected chi connectivity index (χ3v) is 3.51. The number of unbranched alkanes of at least 4 members (excludes halogenated alkanes) is 3. The molecule has 0 aromatic heterocycles. The summed E-state index contributed by atoms with van der Waals surface area (Å²) in [6.45, 7) is 8.38. The van der Waals surface area contributed by atoms with Gasteiger partial charge in [0.05, 0.1) is 6.61 Å². The van der Waals surface area contributed by atoms with Gasteiger partial charge in [-0.15, -0.1) is 0 Å². The summed E-state index contributed by atoms with van der Waals surface area (Å²) in [7, 11) is 2.19. The van der Waals surface area contributed by atoms with Crippen molar-refractivity contribution in [1.29, 1.82) is 0 Å². The molecule has 0 atom stereocenters. The molecule has 0 saturated carbocycles. The van der Waals surface area contributed by atoms with Crippen molar-refractivity contribution >= 4 is 5.97 Å². The van der Waals surface area contributed by atoms with Gasteiger partial charge in [-0.2, -0.15) is 0 Å². The number of likely N-dealkylation sites (N-methyl/N-ethyl adjacent to an activating group) is 1. The fraction of sp³-hybridized carbons (Fsp3) is 0.929. The van der Waals surface area contributed by atoms with Crippen molar-refractivity contribution in [3.63, 3.8) is 0 Å². The molecule has 18 heavy (non-hydrogen) atoms. The van der Waals surface area contributed by atoms with Gasteiger partial charge in [-0.25, -0.2) is 0 Å². The van der Waals surface area contributed by atoms with Gasteiger partial charge in [0, 0.05) is 32.6 Å². The largest absolute Gasteiger partial charge is 0.466 e. The summed E-state index contributed by atoms with van der Waals surface area (Å²) >= 11 is 0. The van der Waals surface area contributed by atoms with E-state index < -0.39 is 0 Å². The maximum Gasteiger partial charge on any atom is 0.305 e. The van der Waals surface area contributed by atoms with Crippen molar-refractivity contribution in [2.75, 3.05) is 46.4 Å². The van der Waals surface area contributed by atoms with E-state index in [0.29, 0.717) is 13.0 Å². The van der Waals surface area contributed by atoms with Crippen LogP contribution in [0, 0.1) is 0 Å². The zero-order chi connectivity index (χ0) is 13.2. The van der Waals surface area contributed by atoms with Crippen molar-refractivity contribution in [3.05, 3.63) is 0 Å². The van der Waals surface area contributed by atoms with Crippen LogP contribution in [-0.4, -0.2) is 62.1 Å². The fourth-order valence-corrected chi connectivity index (χ4v) is 2.26. The molecular formula is C14H28N2O2. The van der Waals surface area contributed by atoms with Crippen LogP contribution in [-0.2, 0) is 9.53 Å². The minimum absolute atomic E-state index is 0.0448. The molecule has 0 bridgehead atoms. The Bertz CT molecular complexity index is 226. The quantitative estimate of drug-likeness (QED) is 0.489. The first-order valence-electron chi connectivity index (χ1n) is 7.29. The molecule has 0 unspecified atom stereocenters. The van der Waals surface area contributed by atoms with E-state index in [1.165, 1.54) is 45.6 Å². The van der Waals surface area contributed by atoms with Crippen LogP contribution in [0.3, 0.4) is 0 Å². The Morgan fingerprint density at radius 1 is 1.06 bits per heavy atom. The predicted molar refractivity (Wildman–Crippen MR) is 73.7 cm³/mol. The molecule has 106 valence electrons. The molecule has 1 saturated heterocycles. The summed E-state index contributed by atoms with van der Waals surface area (Å²) in [6.07, 6.45) is 5.19. The first kappa shape index (κ1) is 15.4. The molecule has 0 aromatic rings. The molecule has 1 heterocycles. The van der Waals surface area contributed by atoms with E-state index in [1.54, 1.807) is 0 Å². The van der Waals surface area contributed by atoms with Crippen molar-refractivity contribution in [2.24, 2.45) is 0 Å². The maximum absolute atomic E-state index is 11.1. The van der Waals surface area contributed by atoms with E-state index in [-0.39, 0.29) is 5.97 Å². The molecule has 1 aliphatic rings. The van der Waals surface area contributed by atoms with Gasteiger partial charge in [-0.3, -0.25) is 4.79 Å². The molecular weight excluding hydrogens is 228 g/mol. The number of hydrogen-bond donors (Lipinski definition) is 0. The highest BCUT2D eigenvalue weighted by atomic mass is 16.5. The van der Waals surface area contributed by atoms with Gasteiger partial charge in [0.25, 0.3) is 0 Å². The molecule has 0 amide bonds. The molecule has 0 radical (unpaired) electrons. The average molecular weight is 256 g/mol. The number of carbonyl (C=O) groups excluding carboxylic acids is 1. The SMILES string of the molecule is CCOC(=O)CCCCCCN1CCN(C)CC1. The summed E-state index contributed by atoms with van der Waals surface area (Å²) < 4.78 is 4.90. The first-order chi connectivity index (χ1) is 8.72. The second kappa shape index (κ2) is 9.34. The Kier molecular flexibility index (Phi) is 8.01. The van der Waals surface area contributed by atoms with Crippen LogP contribution in [0.1, 0.15) is 39.0 Å². The van der Waals surface area contributed by atoms with E-state index in [2.05, 4.69) is 16.8 Å². The number of carbonyl (C=O) groups is 1. The van der Waals surface area contributed by atoms with Gasteiger partial charge >= 0.3 is 5.97 Å². The third-order valence-electron chi connectivity index (χ3n) is 3.51. The Morgan fingerprint density at radius 3 is 2.39 bits per heavy atom. The van der Waals surface area contributed by atoms with E-state index in [0.717, 1.165) is 12.8 Å². The Balaban J connectivity index is 1.88. The van der Waals surface area contributed by atoms with Crippen LogP contribution >= 0.6 is 0 Å². The lowest BCUT2D eigenvalue weighted by Crippen LogP contribution is -2.44. The smallest absolute Gasteiger partial charge is 0.305 e. The lowest BCUT2D eigenvalue weighted by Gasteiger charge is -2.32. The number of rotatable bonds is 8. The predicted octanol–water partition coefficient (Wildman–Crippen LogP) is 1.75. The lowest BCUT2D eigenvalue weighted by atomic mass is 10.1. The molecule has 4 nitrogen and oxygen atoms in total. The van der Waals surface area contributed by atoms with Crippen LogP contribution in [0.5, 0.6) is 0 Å². The van der Waals surface area contributed by atoms with Crippen LogP contribution in [0.2, 0.25) is 0 Å². The maximum atomic E-state index is 11.1. The van der Waals surface area contributed by atoms with E-state index >= 15 is 0 Å². The normalized spacial score (nSPS) is 17.9. The zero-order valence-corrected chi connectivity index (χ0v) is 12.0. The van der Waals surface area contributed by atoms with Crippen molar-refractivity contribution < 1.29 is 9.53 Å².